The third-order valence-corrected chi connectivity index (χ3v) is 7.55. The minimum absolute atomic E-state index is 0.0764. The van der Waals surface area contributed by atoms with Gasteiger partial charge in [-0.15, -0.1) is 5.06 Å². The lowest BCUT2D eigenvalue weighted by Gasteiger charge is -2.30. The SMILES string of the molecule is CCC(C)(C(=O)ON1CC=C(c2ccc(C#CC#CCCCO)c(F)c2)CC1)S(C)(=O)=O. The van der Waals surface area contributed by atoms with Gasteiger partial charge in [0, 0.05) is 25.8 Å². The number of halogens is 1. The molecule has 0 aromatic heterocycles. The standard InChI is InChI=1S/C24H28FNO5S/c1-4-24(2,32(3,29)30)23(28)31-26-15-13-19(14-16-26)21-12-11-20(22(25)18-21)10-8-6-5-7-9-17-27/h11-13,18,27H,4,7,9,14-17H2,1-3H3. The summed E-state index contributed by atoms with van der Waals surface area (Å²) in [6.07, 6.45) is 4.60. The second-order valence-corrected chi connectivity index (χ2v) is 10.1. The summed E-state index contributed by atoms with van der Waals surface area (Å²) in [6, 6.07) is 4.78. The van der Waals surface area contributed by atoms with Crippen molar-refractivity contribution in [3.8, 4) is 23.7 Å². The van der Waals surface area contributed by atoms with Gasteiger partial charge in [0.15, 0.2) is 14.6 Å². The largest absolute Gasteiger partial charge is 0.396 e. The van der Waals surface area contributed by atoms with Gasteiger partial charge < -0.3 is 9.94 Å². The summed E-state index contributed by atoms with van der Waals surface area (Å²) in [5.74, 6) is 9.47. The number of hydrogen-bond acceptors (Lipinski definition) is 6. The van der Waals surface area contributed by atoms with E-state index in [1.165, 1.54) is 18.1 Å². The predicted molar refractivity (Wildman–Crippen MR) is 121 cm³/mol. The number of hydrogen-bond donors (Lipinski definition) is 1. The summed E-state index contributed by atoms with van der Waals surface area (Å²) in [5, 5.41) is 10.1. The van der Waals surface area contributed by atoms with Gasteiger partial charge in [-0.25, -0.2) is 17.6 Å². The van der Waals surface area contributed by atoms with Crippen molar-refractivity contribution in [2.75, 3.05) is 26.0 Å². The third kappa shape index (κ3) is 6.43. The Kier molecular flexibility index (Phi) is 9.03. The van der Waals surface area contributed by atoms with Crippen molar-refractivity contribution < 1.29 is 27.5 Å². The van der Waals surface area contributed by atoms with Gasteiger partial charge in [-0.05, 0) is 67.2 Å². The molecule has 0 amide bonds. The van der Waals surface area contributed by atoms with E-state index in [9.17, 15) is 17.6 Å². The molecule has 0 bridgehead atoms. The number of aliphatic hydroxyl groups excluding tert-OH is 1. The molecule has 1 N–H and O–H groups in total. The number of hydroxylamine groups is 2. The number of unbranched alkanes of at least 4 members (excludes halogenated alkanes) is 1. The van der Waals surface area contributed by atoms with Crippen molar-refractivity contribution in [1.82, 2.24) is 5.06 Å². The van der Waals surface area contributed by atoms with Gasteiger partial charge in [-0.2, -0.15) is 0 Å². The first-order valence-corrected chi connectivity index (χ1v) is 12.3. The molecule has 6 nitrogen and oxygen atoms in total. The highest BCUT2D eigenvalue weighted by atomic mass is 32.2. The van der Waals surface area contributed by atoms with E-state index < -0.39 is 26.4 Å². The zero-order valence-electron chi connectivity index (χ0n) is 18.6. The molecule has 8 heteroatoms. The fourth-order valence-corrected chi connectivity index (χ4v) is 3.82. The highest BCUT2D eigenvalue weighted by molar-refractivity contribution is 7.92. The fraction of sp³-hybridized carbons (Fsp3) is 0.458. The molecule has 1 aromatic rings. The van der Waals surface area contributed by atoms with Crippen LogP contribution in [0.15, 0.2) is 24.3 Å². The zero-order valence-corrected chi connectivity index (χ0v) is 19.4. The molecule has 1 aliphatic heterocycles. The molecular weight excluding hydrogens is 433 g/mol. The van der Waals surface area contributed by atoms with E-state index in [1.54, 1.807) is 19.1 Å². The summed E-state index contributed by atoms with van der Waals surface area (Å²) in [6.45, 7) is 3.71. The van der Waals surface area contributed by atoms with Gasteiger partial charge in [0.05, 0.1) is 12.1 Å². The van der Waals surface area contributed by atoms with Gasteiger partial charge in [-0.3, -0.25) is 0 Å². The Morgan fingerprint density at radius 2 is 2.09 bits per heavy atom. The number of nitrogens with zero attached hydrogens (tertiary/aromatic N) is 1. The summed E-state index contributed by atoms with van der Waals surface area (Å²) >= 11 is 0. The lowest BCUT2D eigenvalue weighted by molar-refractivity contribution is -0.191. The van der Waals surface area contributed by atoms with Gasteiger partial charge in [0.1, 0.15) is 5.82 Å². The monoisotopic (exact) mass is 461 g/mol. The maximum absolute atomic E-state index is 14.4. The molecule has 1 atom stereocenters. The van der Waals surface area contributed by atoms with Crippen LogP contribution in [0.4, 0.5) is 4.39 Å². The molecule has 1 aromatic carbocycles. The van der Waals surface area contributed by atoms with Crippen molar-refractivity contribution in [2.24, 2.45) is 0 Å². The summed E-state index contributed by atoms with van der Waals surface area (Å²) in [7, 11) is -3.63. The number of carbonyl (C=O) groups is 1. The highest BCUT2D eigenvalue weighted by Gasteiger charge is 2.44. The third-order valence-electron chi connectivity index (χ3n) is 5.46. The molecule has 1 heterocycles. The molecule has 1 aliphatic rings. The van der Waals surface area contributed by atoms with E-state index in [0.29, 0.717) is 31.4 Å². The Bertz CT molecular complexity index is 1100. The van der Waals surface area contributed by atoms with E-state index in [2.05, 4.69) is 23.7 Å². The highest BCUT2D eigenvalue weighted by Crippen LogP contribution is 2.26. The van der Waals surface area contributed by atoms with Crippen LogP contribution in [-0.2, 0) is 19.5 Å². The minimum atomic E-state index is -3.63. The lowest BCUT2D eigenvalue weighted by Crippen LogP contribution is -2.47. The number of aliphatic hydroxyl groups is 1. The minimum Gasteiger partial charge on any atom is -0.396 e. The van der Waals surface area contributed by atoms with Crippen molar-refractivity contribution >= 4 is 21.4 Å². The average Bonchev–Trinajstić information content (AvgIpc) is 2.76. The topological polar surface area (TPSA) is 83.9 Å². The average molecular weight is 462 g/mol. The van der Waals surface area contributed by atoms with E-state index in [1.807, 2.05) is 6.08 Å². The Labute approximate surface area is 189 Å². The molecule has 2 rings (SSSR count). The van der Waals surface area contributed by atoms with Crippen molar-refractivity contribution in [1.29, 1.82) is 0 Å². The van der Waals surface area contributed by atoms with E-state index >= 15 is 0 Å². The van der Waals surface area contributed by atoms with Crippen LogP contribution in [0.25, 0.3) is 5.57 Å². The number of benzene rings is 1. The molecule has 0 saturated carbocycles. The van der Waals surface area contributed by atoms with Crippen LogP contribution in [0.1, 0.15) is 50.7 Å². The maximum atomic E-state index is 14.4. The zero-order chi connectivity index (χ0) is 23.8. The molecule has 0 aliphatic carbocycles. The van der Waals surface area contributed by atoms with Gasteiger partial charge in [-0.1, -0.05) is 25.0 Å². The van der Waals surface area contributed by atoms with Gasteiger partial charge in [0.2, 0.25) is 0 Å². The normalized spacial score (nSPS) is 16.0. The van der Waals surface area contributed by atoms with E-state index in [4.69, 9.17) is 9.94 Å². The van der Waals surface area contributed by atoms with Crippen LogP contribution >= 0.6 is 0 Å². The Morgan fingerprint density at radius 3 is 2.66 bits per heavy atom. The fourth-order valence-electron chi connectivity index (χ4n) is 2.96. The second kappa shape index (κ2) is 11.3. The van der Waals surface area contributed by atoms with E-state index in [-0.39, 0.29) is 25.1 Å². The first kappa shape index (κ1) is 25.6. The summed E-state index contributed by atoms with van der Waals surface area (Å²) < 4.78 is 36.8. The van der Waals surface area contributed by atoms with Gasteiger partial charge >= 0.3 is 5.97 Å². The lowest BCUT2D eigenvalue weighted by atomic mass is 9.98. The van der Waals surface area contributed by atoms with Crippen molar-refractivity contribution in [3.63, 3.8) is 0 Å². The van der Waals surface area contributed by atoms with Gasteiger partial charge in [0.25, 0.3) is 0 Å². The Hall–Kier alpha value is -2.65. The molecule has 0 radical (unpaired) electrons. The van der Waals surface area contributed by atoms with Crippen LogP contribution in [0, 0.1) is 29.5 Å². The molecule has 32 heavy (non-hydrogen) atoms. The van der Waals surface area contributed by atoms with Crippen LogP contribution in [-0.4, -0.2) is 55.3 Å². The molecule has 1 unspecified atom stereocenters. The summed E-state index contributed by atoms with van der Waals surface area (Å²) in [5.41, 5.74) is 1.86. The number of rotatable bonds is 7. The number of sulfone groups is 1. The van der Waals surface area contributed by atoms with Crippen LogP contribution < -0.4 is 0 Å². The Balaban J connectivity index is 2.04. The predicted octanol–water partition coefficient (Wildman–Crippen LogP) is 2.71. The second-order valence-electron chi connectivity index (χ2n) is 7.68. The van der Waals surface area contributed by atoms with Crippen LogP contribution in [0.3, 0.4) is 0 Å². The van der Waals surface area contributed by atoms with Crippen molar-refractivity contribution in [3.05, 3.63) is 41.2 Å². The Morgan fingerprint density at radius 1 is 1.34 bits per heavy atom. The molecule has 172 valence electrons. The van der Waals surface area contributed by atoms with Crippen LogP contribution in [0.5, 0.6) is 0 Å². The molecule has 0 spiro atoms. The number of carbonyl (C=O) groups excluding carboxylic acids is 1. The quantitative estimate of drug-likeness (QED) is 0.497. The maximum Gasteiger partial charge on any atom is 0.346 e. The van der Waals surface area contributed by atoms with Crippen LogP contribution in [0.2, 0.25) is 0 Å². The molecule has 0 saturated heterocycles. The van der Waals surface area contributed by atoms with E-state index in [0.717, 1.165) is 11.8 Å². The first-order chi connectivity index (χ1) is 15.1. The molecular formula is C24H28FNO5S. The first-order valence-electron chi connectivity index (χ1n) is 10.4. The summed E-state index contributed by atoms with van der Waals surface area (Å²) in [4.78, 5) is 17.8. The molecule has 0 fully saturated rings. The smallest absolute Gasteiger partial charge is 0.346 e. The van der Waals surface area contributed by atoms with Crippen molar-refractivity contribution in [2.45, 2.75) is 44.3 Å².